The lowest BCUT2D eigenvalue weighted by molar-refractivity contribution is -0.128. The molecule has 0 aliphatic carbocycles. The normalized spacial score (nSPS) is 18.4. The van der Waals surface area contributed by atoms with Crippen LogP contribution in [0.15, 0.2) is 79.0 Å². The highest BCUT2D eigenvalue weighted by Gasteiger charge is 2.54. The van der Waals surface area contributed by atoms with Gasteiger partial charge >= 0.3 is 0 Å². The number of carbonyl (C=O) groups excluding carboxylic acids is 3. The first-order valence-corrected chi connectivity index (χ1v) is 13.1. The zero-order chi connectivity index (χ0) is 26.5. The van der Waals surface area contributed by atoms with Gasteiger partial charge in [-0.25, -0.2) is 0 Å². The molecule has 2 saturated heterocycles. The molecule has 196 valence electrons. The smallest absolute Gasteiger partial charge is 0.256 e. The van der Waals surface area contributed by atoms with Crippen LogP contribution >= 0.6 is 0 Å². The highest BCUT2D eigenvalue weighted by Crippen LogP contribution is 2.38. The van der Waals surface area contributed by atoms with E-state index in [1.54, 1.807) is 40.3 Å². The Morgan fingerprint density at radius 1 is 0.921 bits per heavy atom. The van der Waals surface area contributed by atoms with Gasteiger partial charge in [0.25, 0.3) is 11.8 Å². The molecular formula is C30H32N4O4. The van der Waals surface area contributed by atoms with Crippen LogP contribution in [-0.2, 0) is 22.5 Å². The van der Waals surface area contributed by atoms with Gasteiger partial charge in [-0.2, -0.15) is 0 Å². The summed E-state index contributed by atoms with van der Waals surface area (Å²) >= 11 is 0. The van der Waals surface area contributed by atoms with Crippen LogP contribution in [0.5, 0.6) is 0 Å². The van der Waals surface area contributed by atoms with Gasteiger partial charge in [-0.15, -0.1) is 0 Å². The van der Waals surface area contributed by atoms with Crippen LogP contribution in [0.1, 0.15) is 51.7 Å². The predicted octanol–water partition coefficient (Wildman–Crippen LogP) is 3.43. The van der Waals surface area contributed by atoms with Crippen LogP contribution in [0, 0.1) is 0 Å². The average Bonchev–Trinajstić information content (AvgIpc) is 3.35. The quantitative estimate of drug-likeness (QED) is 0.546. The molecule has 5 rings (SSSR count). The lowest BCUT2D eigenvalue weighted by Gasteiger charge is -2.44. The fraction of sp³-hybridized carbons (Fsp3) is 0.333. The molecule has 1 unspecified atom stereocenters. The molecule has 38 heavy (non-hydrogen) atoms. The van der Waals surface area contributed by atoms with Crippen molar-refractivity contribution in [1.82, 2.24) is 20.1 Å². The molecule has 2 aromatic carbocycles. The third-order valence-corrected chi connectivity index (χ3v) is 7.41. The van der Waals surface area contributed by atoms with E-state index < -0.39 is 11.8 Å². The Morgan fingerprint density at radius 2 is 1.61 bits per heavy atom. The molecule has 1 aromatic heterocycles. The van der Waals surface area contributed by atoms with Gasteiger partial charge in [-0.05, 0) is 48.4 Å². The van der Waals surface area contributed by atoms with Gasteiger partial charge in [0.1, 0.15) is 11.8 Å². The summed E-state index contributed by atoms with van der Waals surface area (Å²) in [6.45, 7) is 3.29. The summed E-state index contributed by atoms with van der Waals surface area (Å²) in [7, 11) is 0. The van der Waals surface area contributed by atoms with E-state index in [1.807, 2.05) is 48.5 Å². The predicted molar refractivity (Wildman–Crippen MR) is 142 cm³/mol. The summed E-state index contributed by atoms with van der Waals surface area (Å²) in [5.41, 5.74) is 2.10. The largest absolute Gasteiger partial charge is 0.353 e. The Hall–Kier alpha value is -4.04. The highest BCUT2D eigenvalue weighted by atomic mass is 16.5. The third-order valence-electron chi connectivity index (χ3n) is 7.41. The molecule has 8 nitrogen and oxygen atoms in total. The number of likely N-dealkylation sites (tertiary alicyclic amines) is 1. The van der Waals surface area contributed by atoms with Crippen molar-refractivity contribution >= 4 is 17.7 Å². The monoisotopic (exact) mass is 512 g/mol. The van der Waals surface area contributed by atoms with Crippen LogP contribution in [0.25, 0.3) is 0 Å². The molecule has 2 aliphatic rings. The van der Waals surface area contributed by atoms with E-state index in [0.717, 1.165) is 12.1 Å². The Kier molecular flexibility index (Phi) is 7.51. The Balaban J connectivity index is 1.33. The standard InChI is InChI=1S/C30H32N4O4/c1-2-22-11-13-24(14-12-22)28(36)33-18-15-30(16-19-33)34(29(37)23-8-4-3-5-9-23)26(21-38-30)27(35)32-20-25-10-6-7-17-31-25/h3-14,17,26H,2,15-16,18-21H2,1H3,(H,32,35). The van der Waals surface area contributed by atoms with Crippen molar-refractivity contribution in [2.45, 2.75) is 44.5 Å². The number of aryl methyl sites for hydroxylation is 1. The maximum atomic E-state index is 13.8. The number of aromatic nitrogens is 1. The number of piperidine rings is 1. The first-order valence-electron chi connectivity index (χ1n) is 13.1. The minimum absolute atomic E-state index is 0.0360. The average molecular weight is 513 g/mol. The van der Waals surface area contributed by atoms with E-state index >= 15 is 0 Å². The van der Waals surface area contributed by atoms with Gasteiger partial charge in [0, 0.05) is 43.3 Å². The van der Waals surface area contributed by atoms with Crippen molar-refractivity contribution in [3.63, 3.8) is 0 Å². The molecule has 1 N–H and O–H groups in total. The van der Waals surface area contributed by atoms with E-state index in [-0.39, 0.29) is 30.9 Å². The maximum absolute atomic E-state index is 13.8. The summed E-state index contributed by atoms with van der Waals surface area (Å²) in [5.74, 6) is -0.576. The SMILES string of the molecule is CCc1ccc(C(=O)N2CCC3(CC2)OCC(C(=O)NCc2ccccn2)N3C(=O)c2ccccc2)cc1. The third kappa shape index (κ3) is 5.17. The highest BCUT2D eigenvalue weighted by molar-refractivity contribution is 5.98. The molecule has 3 aromatic rings. The number of benzene rings is 2. The number of pyridine rings is 1. The van der Waals surface area contributed by atoms with E-state index in [0.29, 0.717) is 37.1 Å². The Morgan fingerprint density at radius 3 is 2.26 bits per heavy atom. The van der Waals surface area contributed by atoms with Crippen LogP contribution in [0.3, 0.4) is 0 Å². The first-order chi connectivity index (χ1) is 18.5. The molecule has 8 heteroatoms. The summed E-state index contributed by atoms with van der Waals surface area (Å²) < 4.78 is 6.28. The zero-order valence-corrected chi connectivity index (χ0v) is 21.5. The van der Waals surface area contributed by atoms with Gasteiger partial charge in [-0.1, -0.05) is 43.3 Å². The maximum Gasteiger partial charge on any atom is 0.256 e. The second-order valence-corrected chi connectivity index (χ2v) is 9.70. The van der Waals surface area contributed by atoms with Crippen LogP contribution < -0.4 is 5.32 Å². The zero-order valence-electron chi connectivity index (χ0n) is 21.5. The second-order valence-electron chi connectivity index (χ2n) is 9.70. The molecule has 0 saturated carbocycles. The number of hydrogen-bond donors (Lipinski definition) is 1. The van der Waals surface area contributed by atoms with Crippen molar-refractivity contribution < 1.29 is 19.1 Å². The topological polar surface area (TPSA) is 91.8 Å². The molecule has 3 amide bonds. The molecule has 1 atom stereocenters. The molecular weight excluding hydrogens is 480 g/mol. The lowest BCUT2D eigenvalue weighted by Crippen LogP contribution is -2.59. The second kappa shape index (κ2) is 11.1. The van der Waals surface area contributed by atoms with Crippen LogP contribution in [0.4, 0.5) is 0 Å². The minimum Gasteiger partial charge on any atom is -0.353 e. The van der Waals surface area contributed by atoms with Crippen molar-refractivity contribution in [3.8, 4) is 0 Å². The molecule has 2 fully saturated rings. The summed E-state index contributed by atoms with van der Waals surface area (Å²) in [4.78, 5) is 47.9. The fourth-order valence-corrected chi connectivity index (χ4v) is 5.21. The van der Waals surface area contributed by atoms with E-state index in [1.165, 1.54) is 5.56 Å². The summed E-state index contributed by atoms with van der Waals surface area (Å²) in [5, 5.41) is 2.92. The number of amides is 3. The van der Waals surface area contributed by atoms with Gasteiger partial charge in [-0.3, -0.25) is 24.3 Å². The minimum atomic E-state index is -0.956. The molecule has 0 bridgehead atoms. The number of nitrogens with one attached hydrogen (secondary N) is 1. The van der Waals surface area contributed by atoms with Crippen molar-refractivity contribution in [1.29, 1.82) is 0 Å². The summed E-state index contributed by atoms with van der Waals surface area (Å²) in [6.07, 6.45) is 3.44. The van der Waals surface area contributed by atoms with E-state index in [9.17, 15) is 14.4 Å². The number of rotatable bonds is 6. The Labute approximate surface area is 222 Å². The van der Waals surface area contributed by atoms with Gasteiger partial charge in [0.15, 0.2) is 0 Å². The van der Waals surface area contributed by atoms with Crippen LogP contribution in [0.2, 0.25) is 0 Å². The number of carbonyl (C=O) groups is 3. The van der Waals surface area contributed by atoms with Crippen molar-refractivity contribution in [2.75, 3.05) is 19.7 Å². The van der Waals surface area contributed by atoms with Gasteiger partial charge < -0.3 is 15.0 Å². The number of hydrogen-bond acceptors (Lipinski definition) is 5. The molecule has 3 heterocycles. The van der Waals surface area contributed by atoms with Gasteiger partial charge in [0.05, 0.1) is 18.8 Å². The Bertz CT molecular complexity index is 1270. The molecule has 0 radical (unpaired) electrons. The molecule has 2 aliphatic heterocycles. The summed E-state index contributed by atoms with van der Waals surface area (Å²) in [6, 6.07) is 21.4. The lowest BCUT2D eigenvalue weighted by atomic mass is 9.96. The fourth-order valence-electron chi connectivity index (χ4n) is 5.21. The van der Waals surface area contributed by atoms with E-state index in [4.69, 9.17) is 4.74 Å². The number of ether oxygens (including phenoxy) is 1. The van der Waals surface area contributed by atoms with Crippen molar-refractivity contribution in [3.05, 3.63) is 101 Å². The number of nitrogens with zero attached hydrogens (tertiary/aromatic N) is 3. The van der Waals surface area contributed by atoms with Crippen molar-refractivity contribution in [2.24, 2.45) is 0 Å². The van der Waals surface area contributed by atoms with E-state index in [2.05, 4.69) is 17.2 Å². The van der Waals surface area contributed by atoms with Crippen LogP contribution in [-0.4, -0.2) is 64.0 Å². The van der Waals surface area contributed by atoms with Gasteiger partial charge in [0.2, 0.25) is 5.91 Å². The molecule has 1 spiro atoms. The first kappa shape index (κ1) is 25.6.